The third-order valence-electron chi connectivity index (χ3n) is 7.38. The molecule has 1 heteroatoms. The first kappa shape index (κ1) is 17.3. The third-order valence-corrected chi connectivity index (χ3v) is 7.38. The molecule has 0 aromatic carbocycles. The van der Waals surface area contributed by atoms with Crippen LogP contribution in [0.3, 0.4) is 0 Å². The summed E-state index contributed by atoms with van der Waals surface area (Å²) in [5.74, 6) is 2.38. The van der Waals surface area contributed by atoms with Gasteiger partial charge in [-0.25, -0.2) is 0 Å². The zero-order chi connectivity index (χ0) is 16.8. The second-order valence-electron chi connectivity index (χ2n) is 9.71. The summed E-state index contributed by atoms with van der Waals surface area (Å²) in [4.78, 5) is 2.42. The van der Waals surface area contributed by atoms with Gasteiger partial charge < -0.3 is 4.90 Å². The lowest BCUT2D eigenvalue weighted by Gasteiger charge is -2.59. The molecule has 0 N–H and O–H groups in total. The van der Waals surface area contributed by atoms with Crippen LogP contribution in [0.5, 0.6) is 0 Å². The summed E-state index contributed by atoms with van der Waals surface area (Å²) in [5, 5.41) is 0. The first-order valence-corrected chi connectivity index (χ1v) is 9.81. The first-order chi connectivity index (χ1) is 10.8. The Labute approximate surface area is 144 Å². The topological polar surface area (TPSA) is 3.24 Å². The SMILES string of the molecule is CC(C)C1=CC2=CCC3[C@@](C)(CN(C)C)CCC[C@]3(C)[C@@H]2CC1. The summed E-state index contributed by atoms with van der Waals surface area (Å²) in [5.41, 5.74) is 4.38. The van der Waals surface area contributed by atoms with Crippen molar-refractivity contribution < 1.29 is 0 Å². The Morgan fingerprint density at radius 3 is 2.61 bits per heavy atom. The molecule has 0 bridgehead atoms. The van der Waals surface area contributed by atoms with E-state index in [0.717, 1.165) is 11.8 Å². The van der Waals surface area contributed by atoms with Gasteiger partial charge in [0.15, 0.2) is 0 Å². The molecule has 0 heterocycles. The van der Waals surface area contributed by atoms with E-state index in [1.165, 1.54) is 45.1 Å². The summed E-state index contributed by atoms with van der Waals surface area (Å²) in [6, 6.07) is 0. The molecule has 1 unspecified atom stereocenters. The fraction of sp³-hybridized carbons (Fsp3) is 0.818. The van der Waals surface area contributed by atoms with Gasteiger partial charge in [-0.3, -0.25) is 0 Å². The number of hydrogen-bond donors (Lipinski definition) is 0. The Balaban J connectivity index is 1.94. The summed E-state index contributed by atoms with van der Waals surface area (Å²) >= 11 is 0. The predicted molar refractivity (Wildman–Crippen MR) is 100 cm³/mol. The van der Waals surface area contributed by atoms with Gasteiger partial charge >= 0.3 is 0 Å². The van der Waals surface area contributed by atoms with Crippen LogP contribution in [-0.4, -0.2) is 25.5 Å². The van der Waals surface area contributed by atoms with E-state index in [2.05, 4.69) is 58.8 Å². The van der Waals surface area contributed by atoms with Gasteiger partial charge in [0.05, 0.1) is 0 Å². The molecular formula is C22H37N. The molecule has 4 atom stereocenters. The van der Waals surface area contributed by atoms with Crippen LogP contribution in [0.2, 0.25) is 0 Å². The second-order valence-corrected chi connectivity index (χ2v) is 9.71. The average Bonchev–Trinajstić information content (AvgIpc) is 2.45. The lowest BCUT2D eigenvalue weighted by molar-refractivity contribution is -0.0587. The van der Waals surface area contributed by atoms with Gasteiger partial charge in [-0.1, -0.05) is 51.8 Å². The predicted octanol–water partition coefficient (Wildman–Crippen LogP) is 5.68. The Hall–Kier alpha value is -0.560. The number of hydrogen-bond acceptors (Lipinski definition) is 1. The van der Waals surface area contributed by atoms with Gasteiger partial charge in [0.2, 0.25) is 0 Å². The Bertz CT molecular complexity index is 512. The van der Waals surface area contributed by atoms with E-state index in [-0.39, 0.29) is 0 Å². The van der Waals surface area contributed by atoms with Crippen molar-refractivity contribution in [1.29, 1.82) is 0 Å². The van der Waals surface area contributed by atoms with Crippen molar-refractivity contribution in [2.24, 2.45) is 28.6 Å². The van der Waals surface area contributed by atoms with Crippen molar-refractivity contribution in [2.75, 3.05) is 20.6 Å². The van der Waals surface area contributed by atoms with Gasteiger partial charge in [-0.15, -0.1) is 0 Å². The van der Waals surface area contributed by atoms with Crippen LogP contribution in [-0.2, 0) is 0 Å². The molecule has 1 saturated carbocycles. The molecule has 1 fully saturated rings. The van der Waals surface area contributed by atoms with Crippen molar-refractivity contribution in [1.82, 2.24) is 4.90 Å². The first-order valence-electron chi connectivity index (χ1n) is 9.81. The lowest BCUT2D eigenvalue weighted by atomic mass is 9.47. The number of nitrogens with zero attached hydrogens (tertiary/aromatic N) is 1. The van der Waals surface area contributed by atoms with Crippen molar-refractivity contribution >= 4 is 0 Å². The van der Waals surface area contributed by atoms with E-state index in [4.69, 9.17) is 0 Å². The van der Waals surface area contributed by atoms with Gasteiger partial charge in [0.25, 0.3) is 0 Å². The average molecular weight is 316 g/mol. The molecule has 23 heavy (non-hydrogen) atoms. The third kappa shape index (κ3) is 2.95. The molecule has 0 aromatic rings. The maximum absolute atomic E-state index is 2.64. The Morgan fingerprint density at radius 1 is 1.22 bits per heavy atom. The fourth-order valence-corrected chi connectivity index (χ4v) is 6.39. The minimum absolute atomic E-state index is 0.487. The van der Waals surface area contributed by atoms with Crippen molar-refractivity contribution in [3.63, 3.8) is 0 Å². The maximum atomic E-state index is 2.64. The van der Waals surface area contributed by atoms with Crippen molar-refractivity contribution in [2.45, 2.75) is 66.2 Å². The van der Waals surface area contributed by atoms with E-state index in [9.17, 15) is 0 Å². The molecule has 0 saturated heterocycles. The summed E-state index contributed by atoms with van der Waals surface area (Å²) < 4.78 is 0. The highest BCUT2D eigenvalue weighted by atomic mass is 15.1. The quantitative estimate of drug-likeness (QED) is 0.647. The van der Waals surface area contributed by atoms with Gasteiger partial charge in [0, 0.05) is 6.54 Å². The highest BCUT2D eigenvalue weighted by Gasteiger charge is 2.54. The molecule has 130 valence electrons. The second kappa shape index (κ2) is 6.06. The molecule has 1 nitrogen and oxygen atoms in total. The minimum Gasteiger partial charge on any atom is -0.309 e. The van der Waals surface area contributed by atoms with Gasteiger partial charge in [-0.05, 0) is 80.4 Å². The monoisotopic (exact) mass is 315 g/mol. The molecule has 3 aliphatic carbocycles. The Kier molecular flexibility index (Phi) is 4.55. The zero-order valence-corrected chi connectivity index (χ0v) is 16.3. The van der Waals surface area contributed by atoms with Crippen molar-refractivity contribution in [3.8, 4) is 0 Å². The maximum Gasteiger partial charge on any atom is 0.00322 e. The van der Waals surface area contributed by atoms with E-state index in [0.29, 0.717) is 16.7 Å². The van der Waals surface area contributed by atoms with E-state index in [1.807, 2.05) is 0 Å². The summed E-state index contributed by atoms with van der Waals surface area (Å²) in [6.07, 6.45) is 13.5. The van der Waals surface area contributed by atoms with Crippen LogP contribution in [0.1, 0.15) is 66.2 Å². The highest BCUT2D eigenvalue weighted by molar-refractivity contribution is 5.35. The number of allylic oxidation sites excluding steroid dienone is 4. The van der Waals surface area contributed by atoms with Crippen LogP contribution >= 0.6 is 0 Å². The van der Waals surface area contributed by atoms with Gasteiger partial charge in [-0.2, -0.15) is 0 Å². The summed E-state index contributed by atoms with van der Waals surface area (Å²) in [7, 11) is 4.50. The number of rotatable bonds is 3. The van der Waals surface area contributed by atoms with Crippen LogP contribution in [0.25, 0.3) is 0 Å². The molecular weight excluding hydrogens is 278 g/mol. The normalized spacial score (nSPS) is 40.5. The zero-order valence-electron chi connectivity index (χ0n) is 16.3. The molecule has 3 aliphatic rings. The number of fused-ring (bicyclic) bond motifs is 3. The van der Waals surface area contributed by atoms with Crippen LogP contribution < -0.4 is 0 Å². The van der Waals surface area contributed by atoms with E-state index < -0.39 is 0 Å². The minimum atomic E-state index is 0.487. The smallest absolute Gasteiger partial charge is 0.00322 e. The molecule has 0 aliphatic heterocycles. The lowest BCUT2D eigenvalue weighted by Crippen LogP contribution is -2.53. The van der Waals surface area contributed by atoms with E-state index in [1.54, 1.807) is 11.1 Å². The Morgan fingerprint density at radius 2 is 1.96 bits per heavy atom. The molecule has 0 amide bonds. The van der Waals surface area contributed by atoms with E-state index >= 15 is 0 Å². The molecule has 0 spiro atoms. The fourth-order valence-electron chi connectivity index (χ4n) is 6.39. The standard InChI is InChI=1S/C22H37N/c1-16(2)17-8-10-19-18(14-17)9-11-20-21(3,15-23(5)6)12-7-13-22(19,20)4/h9,14,16,19-20H,7-8,10-13,15H2,1-6H3/t19-,20?,21-,22-/m1/s1. The van der Waals surface area contributed by atoms with Gasteiger partial charge in [0.1, 0.15) is 0 Å². The van der Waals surface area contributed by atoms with Crippen LogP contribution in [0.4, 0.5) is 0 Å². The van der Waals surface area contributed by atoms with Crippen LogP contribution in [0.15, 0.2) is 23.3 Å². The summed E-state index contributed by atoms with van der Waals surface area (Å²) in [6.45, 7) is 11.2. The largest absolute Gasteiger partial charge is 0.309 e. The highest BCUT2D eigenvalue weighted by Crippen LogP contribution is 2.62. The molecule has 3 rings (SSSR count). The molecule has 0 radical (unpaired) electrons. The van der Waals surface area contributed by atoms with Crippen molar-refractivity contribution in [3.05, 3.63) is 23.3 Å². The van der Waals surface area contributed by atoms with Crippen LogP contribution in [0, 0.1) is 28.6 Å². The molecule has 0 aromatic heterocycles.